The summed E-state index contributed by atoms with van der Waals surface area (Å²) in [6.07, 6.45) is 0.0747. The van der Waals surface area contributed by atoms with E-state index in [-0.39, 0.29) is 23.6 Å². The van der Waals surface area contributed by atoms with E-state index in [1.54, 1.807) is 6.92 Å². The normalized spacial score (nSPS) is 10.1. The van der Waals surface area contributed by atoms with E-state index < -0.39 is 17.7 Å². The number of rotatable bonds is 5. The molecular formula is C13H15ClFNO3. The number of carbonyl (C=O) groups is 2. The van der Waals surface area contributed by atoms with Crippen molar-refractivity contribution in [2.45, 2.75) is 13.3 Å². The predicted molar refractivity (Wildman–Crippen MR) is 69.6 cm³/mol. The van der Waals surface area contributed by atoms with Gasteiger partial charge in [0.05, 0.1) is 18.6 Å². The van der Waals surface area contributed by atoms with Gasteiger partial charge in [0.25, 0.3) is 5.91 Å². The lowest BCUT2D eigenvalue weighted by atomic mass is 10.2. The Morgan fingerprint density at radius 2 is 2.11 bits per heavy atom. The Kier molecular flexibility index (Phi) is 5.76. The molecule has 0 unspecified atom stereocenters. The summed E-state index contributed by atoms with van der Waals surface area (Å²) >= 11 is 5.61. The molecule has 1 aromatic rings. The Bertz CT molecular complexity index is 479. The van der Waals surface area contributed by atoms with E-state index in [1.807, 2.05) is 0 Å². The molecule has 0 saturated carbocycles. The van der Waals surface area contributed by atoms with Crippen molar-refractivity contribution >= 4 is 23.5 Å². The molecular weight excluding hydrogens is 273 g/mol. The number of halogens is 2. The lowest BCUT2D eigenvalue weighted by Gasteiger charge is -2.17. The zero-order chi connectivity index (χ0) is 14.4. The number of amides is 1. The van der Waals surface area contributed by atoms with Crippen molar-refractivity contribution in [1.82, 2.24) is 4.90 Å². The molecule has 0 saturated heterocycles. The molecule has 4 nitrogen and oxygen atoms in total. The van der Waals surface area contributed by atoms with Crippen molar-refractivity contribution in [3.63, 3.8) is 0 Å². The number of esters is 1. The molecule has 6 heteroatoms. The molecule has 104 valence electrons. The second-order valence-corrected chi connectivity index (χ2v) is 4.34. The summed E-state index contributed by atoms with van der Waals surface area (Å²) in [6, 6.07) is 3.84. The number of benzene rings is 1. The highest BCUT2D eigenvalue weighted by Gasteiger charge is 2.17. The van der Waals surface area contributed by atoms with Gasteiger partial charge in [0.1, 0.15) is 5.82 Å². The fourth-order valence-corrected chi connectivity index (χ4v) is 1.62. The van der Waals surface area contributed by atoms with Crippen LogP contribution in [0.25, 0.3) is 0 Å². The van der Waals surface area contributed by atoms with Gasteiger partial charge in [-0.1, -0.05) is 11.6 Å². The first kappa shape index (κ1) is 15.4. The van der Waals surface area contributed by atoms with Crippen LogP contribution < -0.4 is 0 Å². The molecule has 1 rings (SSSR count). The predicted octanol–water partition coefficient (Wildman–Crippen LogP) is 2.50. The Balaban J connectivity index is 2.64. The number of hydrogen-bond donors (Lipinski definition) is 0. The summed E-state index contributed by atoms with van der Waals surface area (Å²) in [5.41, 5.74) is -0.0734. The van der Waals surface area contributed by atoms with E-state index in [0.717, 1.165) is 6.07 Å². The van der Waals surface area contributed by atoms with Crippen LogP contribution in [-0.2, 0) is 9.53 Å². The zero-order valence-corrected chi connectivity index (χ0v) is 11.5. The largest absolute Gasteiger partial charge is 0.466 e. The van der Waals surface area contributed by atoms with Crippen molar-refractivity contribution in [3.05, 3.63) is 34.6 Å². The molecule has 0 heterocycles. The third-order valence-corrected chi connectivity index (χ3v) is 2.70. The number of nitrogens with zero attached hydrogens (tertiary/aromatic N) is 1. The van der Waals surface area contributed by atoms with Crippen LogP contribution in [0.5, 0.6) is 0 Å². The van der Waals surface area contributed by atoms with Gasteiger partial charge >= 0.3 is 5.97 Å². The van der Waals surface area contributed by atoms with Gasteiger partial charge in [0.2, 0.25) is 0 Å². The molecule has 0 aromatic heterocycles. The van der Waals surface area contributed by atoms with Crippen LogP contribution in [0.15, 0.2) is 18.2 Å². The van der Waals surface area contributed by atoms with Gasteiger partial charge in [0, 0.05) is 18.6 Å². The van der Waals surface area contributed by atoms with Crippen molar-refractivity contribution < 1.29 is 18.7 Å². The maximum absolute atomic E-state index is 13.6. The summed E-state index contributed by atoms with van der Waals surface area (Å²) in [6.45, 7) is 2.16. The average Bonchev–Trinajstić information content (AvgIpc) is 2.35. The molecule has 0 spiro atoms. The number of ether oxygens (including phenoxy) is 1. The number of hydrogen-bond acceptors (Lipinski definition) is 3. The van der Waals surface area contributed by atoms with Crippen LogP contribution in [0.4, 0.5) is 4.39 Å². The lowest BCUT2D eigenvalue weighted by Crippen LogP contribution is -2.30. The van der Waals surface area contributed by atoms with Gasteiger partial charge in [0.15, 0.2) is 0 Å². The van der Waals surface area contributed by atoms with Gasteiger partial charge in [-0.05, 0) is 25.1 Å². The topological polar surface area (TPSA) is 46.6 Å². The Hall–Kier alpha value is -1.62. The first-order chi connectivity index (χ1) is 8.95. The third-order valence-electron chi connectivity index (χ3n) is 2.46. The second kappa shape index (κ2) is 7.09. The maximum atomic E-state index is 13.6. The minimum absolute atomic E-state index is 0.0734. The van der Waals surface area contributed by atoms with E-state index in [9.17, 15) is 14.0 Å². The molecule has 0 atom stereocenters. The second-order valence-electron chi connectivity index (χ2n) is 3.91. The van der Waals surface area contributed by atoms with E-state index in [1.165, 1.54) is 24.1 Å². The molecule has 0 bridgehead atoms. The van der Waals surface area contributed by atoms with Gasteiger partial charge in [-0.3, -0.25) is 9.59 Å². The first-order valence-corrected chi connectivity index (χ1v) is 6.19. The summed E-state index contributed by atoms with van der Waals surface area (Å²) in [5.74, 6) is -1.57. The quantitative estimate of drug-likeness (QED) is 0.782. The fraction of sp³-hybridized carbons (Fsp3) is 0.385. The van der Waals surface area contributed by atoms with Crippen LogP contribution in [0.3, 0.4) is 0 Å². The molecule has 0 radical (unpaired) electrons. The molecule has 0 aliphatic rings. The zero-order valence-electron chi connectivity index (χ0n) is 10.8. The van der Waals surface area contributed by atoms with Crippen molar-refractivity contribution in [2.75, 3.05) is 20.2 Å². The van der Waals surface area contributed by atoms with E-state index in [2.05, 4.69) is 0 Å². The van der Waals surface area contributed by atoms with Gasteiger partial charge in [-0.2, -0.15) is 0 Å². The maximum Gasteiger partial charge on any atom is 0.307 e. The molecule has 1 aromatic carbocycles. The molecule has 0 N–H and O–H groups in total. The molecule has 0 aliphatic carbocycles. The van der Waals surface area contributed by atoms with Crippen molar-refractivity contribution in [2.24, 2.45) is 0 Å². The van der Waals surface area contributed by atoms with Gasteiger partial charge in [-0.25, -0.2) is 4.39 Å². The van der Waals surface area contributed by atoms with Gasteiger partial charge < -0.3 is 9.64 Å². The van der Waals surface area contributed by atoms with E-state index in [0.29, 0.717) is 6.61 Å². The minimum Gasteiger partial charge on any atom is -0.466 e. The van der Waals surface area contributed by atoms with Gasteiger partial charge in [-0.15, -0.1) is 0 Å². The number of carbonyl (C=O) groups excluding carboxylic acids is 2. The summed E-state index contributed by atoms with van der Waals surface area (Å²) in [7, 11) is 1.50. The van der Waals surface area contributed by atoms with Crippen molar-refractivity contribution in [3.8, 4) is 0 Å². The van der Waals surface area contributed by atoms with Crippen LogP contribution >= 0.6 is 11.6 Å². The molecule has 1 amide bonds. The summed E-state index contributed by atoms with van der Waals surface area (Å²) in [4.78, 5) is 24.4. The average molecular weight is 288 g/mol. The first-order valence-electron chi connectivity index (χ1n) is 5.81. The monoisotopic (exact) mass is 287 g/mol. The summed E-state index contributed by atoms with van der Waals surface area (Å²) < 4.78 is 18.3. The highest BCUT2D eigenvalue weighted by molar-refractivity contribution is 6.30. The Morgan fingerprint density at radius 3 is 2.68 bits per heavy atom. The molecule has 19 heavy (non-hydrogen) atoms. The van der Waals surface area contributed by atoms with E-state index in [4.69, 9.17) is 16.3 Å². The third kappa shape index (κ3) is 4.52. The van der Waals surface area contributed by atoms with Crippen LogP contribution in [-0.4, -0.2) is 37.0 Å². The van der Waals surface area contributed by atoms with Crippen LogP contribution in [0.1, 0.15) is 23.7 Å². The minimum atomic E-state index is -0.680. The van der Waals surface area contributed by atoms with Crippen LogP contribution in [0.2, 0.25) is 5.02 Å². The van der Waals surface area contributed by atoms with Crippen LogP contribution in [0, 0.1) is 5.82 Å². The Labute approximate surface area is 116 Å². The SMILES string of the molecule is CCOC(=O)CCN(C)C(=O)c1ccc(Cl)cc1F. The summed E-state index contributed by atoms with van der Waals surface area (Å²) in [5, 5.41) is 0.225. The lowest BCUT2D eigenvalue weighted by molar-refractivity contribution is -0.143. The fourth-order valence-electron chi connectivity index (χ4n) is 1.46. The standard InChI is InChI=1S/C13H15ClFNO3/c1-3-19-12(17)6-7-16(2)13(18)10-5-4-9(14)8-11(10)15/h4-5,8H,3,6-7H2,1-2H3. The molecule has 0 aliphatic heterocycles. The molecule has 0 fully saturated rings. The van der Waals surface area contributed by atoms with E-state index >= 15 is 0 Å². The highest BCUT2D eigenvalue weighted by atomic mass is 35.5. The Morgan fingerprint density at radius 1 is 1.42 bits per heavy atom. The smallest absolute Gasteiger partial charge is 0.307 e. The van der Waals surface area contributed by atoms with Crippen molar-refractivity contribution in [1.29, 1.82) is 0 Å². The highest BCUT2D eigenvalue weighted by Crippen LogP contribution is 2.16.